The molecule has 0 spiro atoms. The summed E-state index contributed by atoms with van der Waals surface area (Å²) in [6.45, 7) is 1.98. The Hall–Kier alpha value is -1.74. The first-order valence-corrected chi connectivity index (χ1v) is 5.73. The van der Waals surface area contributed by atoms with E-state index in [0.29, 0.717) is 5.56 Å². The normalized spacial score (nSPS) is 10.9. The Balaban J connectivity index is 2.32. The molecule has 0 atom stereocenters. The smallest absolute Gasteiger partial charge is 0.124 e. The number of benzene rings is 2. The Morgan fingerprint density at radius 1 is 1.18 bits per heavy atom. The fraction of sp³-hybridized carbons (Fsp3) is 0.0714. The molecule has 2 rings (SSSR count). The maximum absolute atomic E-state index is 9.67. The largest absolute Gasteiger partial charge is 0.507 e. The van der Waals surface area contributed by atoms with E-state index in [1.54, 1.807) is 12.3 Å². The molecule has 0 bridgehead atoms. The van der Waals surface area contributed by atoms with Crippen LogP contribution in [0.25, 0.3) is 0 Å². The number of aliphatic imine (C=N–C) groups is 1. The molecule has 0 saturated carbocycles. The van der Waals surface area contributed by atoms with Crippen LogP contribution in [0.2, 0.25) is 0 Å². The first-order valence-electron chi connectivity index (χ1n) is 5.28. The molecule has 0 unspecified atom stereocenters. The number of phenols is 1. The molecule has 0 aromatic heterocycles. The molecule has 0 radical (unpaired) electrons. The van der Waals surface area contributed by atoms with E-state index in [1.807, 2.05) is 43.3 Å². The van der Waals surface area contributed by atoms with Crippen molar-refractivity contribution < 1.29 is 5.11 Å². The minimum absolute atomic E-state index is 0.232. The molecule has 0 saturated heterocycles. The summed E-state index contributed by atoms with van der Waals surface area (Å²) < 4.78 is 0. The number of para-hydroxylation sites is 1. The van der Waals surface area contributed by atoms with Gasteiger partial charge in [-0.05, 0) is 31.2 Å². The minimum Gasteiger partial charge on any atom is -0.507 e. The third-order valence-electron chi connectivity index (χ3n) is 2.41. The van der Waals surface area contributed by atoms with Crippen LogP contribution in [0.3, 0.4) is 0 Å². The van der Waals surface area contributed by atoms with E-state index < -0.39 is 0 Å². The first-order chi connectivity index (χ1) is 8.16. The third kappa shape index (κ3) is 2.88. The van der Waals surface area contributed by atoms with Gasteiger partial charge in [-0.1, -0.05) is 23.8 Å². The van der Waals surface area contributed by atoms with E-state index in [4.69, 9.17) is 0 Å². The zero-order chi connectivity index (χ0) is 12.3. The van der Waals surface area contributed by atoms with E-state index in [-0.39, 0.29) is 5.75 Å². The topological polar surface area (TPSA) is 32.6 Å². The van der Waals surface area contributed by atoms with Crippen LogP contribution in [0.1, 0.15) is 11.1 Å². The summed E-state index contributed by atoms with van der Waals surface area (Å²) in [5, 5.41) is 9.67. The number of rotatable bonds is 2. The van der Waals surface area contributed by atoms with E-state index in [1.165, 1.54) is 0 Å². The summed E-state index contributed by atoms with van der Waals surface area (Å²) in [5.74, 6) is 0.232. The molecule has 1 N–H and O–H groups in total. The summed E-state index contributed by atoms with van der Waals surface area (Å²) in [4.78, 5) is 5.13. The van der Waals surface area contributed by atoms with Crippen LogP contribution in [0.5, 0.6) is 5.75 Å². The summed E-state index contributed by atoms with van der Waals surface area (Å²) in [6.07, 6.45) is 1.65. The van der Waals surface area contributed by atoms with Crippen molar-refractivity contribution in [3.63, 3.8) is 0 Å². The van der Waals surface area contributed by atoms with Gasteiger partial charge in [-0.2, -0.15) is 0 Å². The highest BCUT2D eigenvalue weighted by atomic mass is 32.1. The second-order valence-electron chi connectivity index (χ2n) is 3.81. The van der Waals surface area contributed by atoms with Crippen molar-refractivity contribution in [1.82, 2.24) is 0 Å². The molecular weight excluding hydrogens is 230 g/mol. The van der Waals surface area contributed by atoms with Gasteiger partial charge in [0.15, 0.2) is 0 Å². The lowest BCUT2D eigenvalue weighted by Crippen LogP contribution is -1.84. The number of nitrogens with zero attached hydrogens (tertiary/aromatic N) is 1. The van der Waals surface area contributed by atoms with Crippen LogP contribution in [-0.4, -0.2) is 11.3 Å². The fourth-order valence-corrected chi connectivity index (χ4v) is 1.71. The standard InChI is InChI=1S/C14H13NOS/c1-10-6-7-13(16)11(8-10)9-15-12-4-2-3-5-14(12)17/h2-9,16-17H,1H3. The van der Waals surface area contributed by atoms with E-state index in [2.05, 4.69) is 17.6 Å². The Bertz CT molecular complexity index is 564. The third-order valence-corrected chi connectivity index (χ3v) is 2.79. The van der Waals surface area contributed by atoms with E-state index in [0.717, 1.165) is 16.1 Å². The lowest BCUT2D eigenvalue weighted by atomic mass is 10.1. The van der Waals surface area contributed by atoms with Gasteiger partial charge in [-0.3, -0.25) is 4.99 Å². The summed E-state index contributed by atoms with van der Waals surface area (Å²) in [7, 11) is 0. The highest BCUT2D eigenvalue weighted by Crippen LogP contribution is 2.23. The summed E-state index contributed by atoms with van der Waals surface area (Å²) >= 11 is 4.31. The predicted octanol–water partition coefficient (Wildman–Crippen LogP) is 3.74. The second kappa shape index (κ2) is 5.06. The van der Waals surface area contributed by atoms with Crippen LogP contribution in [-0.2, 0) is 0 Å². The van der Waals surface area contributed by atoms with E-state index in [9.17, 15) is 5.11 Å². The average Bonchev–Trinajstić information content (AvgIpc) is 2.32. The zero-order valence-electron chi connectivity index (χ0n) is 9.46. The van der Waals surface area contributed by atoms with Gasteiger partial charge in [0.25, 0.3) is 0 Å². The van der Waals surface area contributed by atoms with Gasteiger partial charge in [0.2, 0.25) is 0 Å². The van der Waals surface area contributed by atoms with Crippen molar-refractivity contribution in [2.75, 3.05) is 0 Å². The molecule has 0 aliphatic heterocycles. The van der Waals surface area contributed by atoms with Gasteiger partial charge < -0.3 is 5.11 Å². The van der Waals surface area contributed by atoms with Crippen LogP contribution < -0.4 is 0 Å². The Morgan fingerprint density at radius 2 is 1.94 bits per heavy atom. The van der Waals surface area contributed by atoms with Crippen LogP contribution in [0.4, 0.5) is 5.69 Å². The molecule has 0 aliphatic rings. The number of thiol groups is 1. The number of hydrogen-bond acceptors (Lipinski definition) is 3. The van der Waals surface area contributed by atoms with Crippen LogP contribution in [0.15, 0.2) is 52.4 Å². The van der Waals surface area contributed by atoms with Gasteiger partial charge >= 0.3 is 0 Å². The lowest BCUT2D eigenvalue weighted by molar-refractivity contribution is 0.474. The predicted molar refractivity (Wildman–Crippen MR) is 73.8 cm³/mol. The monoisotopic (exact) mass is 243 g/mol. The second-order valence-corrected chi connectivity index (χ2v) is 4.29. The number of aromatic hydroxyl groups is 1. The van der Waals surface area contributed by atoms with Crippen molar-refractivity contribution in [3.8, 4) is 5.75 Å². The maximum Gasteiger partial charge on any atom is 0.124 e. The van der Waals surface area contributed by atoms with Crippen LogP contribution in [0, 0.1) is 6.92 Å². The molecule has 2 aromatic rings. The Labute approximate surface area is 106 Å². The van der Waals surface area contributed by atoms with Gasteiger partial charge in [0.05, 0.1) is 5.69 Å². The molecule has 2 aromatic carbocycles. The molecule has 2 nitrogen and oxygen atoms in total. The van der Waals surface area contributed by atoms with E-state index >= 15 is 0 Å². The Morgan fingerprint density at radius 3 is 2.71 bits per heavy atom. The molecule has 0 fully saturated rings. The molecule has 86 valence electrons. The minimum atomic E-state index is 0.232. The van der Waals surface area contributed by atoms with Crippen molar-refractivity contribution in [2.45, 2.75) is 11.8 Å². The molecule has 3 heteroatoms. The Kier molecular flexibility index (Phi) is 3.49. The van der Waals surface area contributed by atoms with Crippen molar-refractivity contribution in [3.05, 3.63) is 53.6 Å². The van der Waals surface area contributed by atoms with Crippen molar-refractivity contribution in [1.29, 1.82) is 0 Å². The van der Waals surface area contributed by atoms with Crippen molar-refractivity contribution in [2.24, 2.45) is 4.99 Å². The van der Waals surface area contributed by atoms with Gasteiger partial charge in [-0.15, -0.1) is 12.6 Å². The molecule has 0 aliphatic carbocycles. The lowest BCUT2D eigenvalue weighted by Gasteiger charge is -2.01. The summed E-state index contributed by atoms with van der Waals surface area (Å²) in [6, 6.07) is 13.0. The number of phenolic OH excluding ortho intramolecular Hbond substituents is 1. The molecule has 0 heterocycles. The number of hydrogen-bond donors (Lipinski definition) is 2. The number of aryl methyl sites for hydroxylation is 1. The zero-order valence-corrected chi connectivity index (χ0v) is 10.4. The van der Waals surface area contributed by atoms with Gasteiger partial charge in [-0.25, -0.2) is 0 Å². The molecule has 17 heavy (non-hydrogen) atoms. The highest BCUT2D eigenvalue weighted by Gasteiger charge is 1.99. The maximum atomic E-state index is 9.67. The quantitative estimate of drug-likeness (QED) is 0.611. The van der Waals surface area contributed by atoms with Crippen LogP contribution >= 0.6 is 12.6 Å². The van der Waals surface area contributed by atoms with Gasteiger partial charge in [0, 0.05) is 16.7 Å². The molecule has 0 amide bonds. The first kappa shape index (κ1) is 11.7. The fourth-order valence-electron chi connectivity index (χ4n) is 1.49. The SMILES string of the molecule is Cc1ccc(O)c(C=Nc2ccccc2S)c1. The highest BCUT2D eigenvalue weighted by molar-refractivity contribution is 7.80. The van der Waals surface area contributed by atoms with Crippen molar-refractivity contribution >= 4 is 24.5 Å². The van der Waals surface area contributed by atoms with Gasteiger partial charge in [0.1, 0.15) is 5.75 Å². The average molecular weight is 243 g/mol. The summed E-state index contributed by atoms with van der Waals surface area (Å²) in [5.41, 5.74) is 2.58. The molecular formula is C14H13NOS.